The van der Waals surface area contributed by atoms with Crippen molar-refractivity contribution in [1.82, 2.24) is 53.8 Å². The molecule has 33 heteroatoms. The van der Waals surface area contributed by atoms with E-state index in [1.807, 2.05) is 13.8 Å². The van der Waals surface area contributed by atoms with E-state index in [9.17, 15) is 58.5 Å². The number of rotatable bonds is 29. The molecule has 7 aromatic rings. The van der Waals surface area contributed by atoms with Gasteiger partial charge in [-0.2, -0.15) is 10.2 Å². The molecule has 33 nitrogen and oxygen atoms in total. The van der Waals surface area contributed by atoms with Crippen LogP contribution in [0.4, 0.5) is 22.4 Å². The lowest BCUT2D eigenvalue weighted by Gasteiger charge is -2.35. The maximum absolute atomic E-state index is 14.1. The van der Waals surface area contributed by atoms with E-state index in [0.29, 0.717) is 41.0 Å². The largest absolute Gasteiger partial charge is 0.494 e. The molecule has 7 N–H and O–H groups in total. The minimum Gasteiger partial charge on any atom is -0.494 e. The Kier molecular flexibility index (Phi) is 22.8. The van der Waals surface area contributed by atoms with Crippen LogP contribution in [0.15, 0.2) is 78.9 Å². The molecule has 0 bridgehead atoms. The fraction of sp³-hybridized carbons (Fsp3) is 0.391. The zero-order chi connectivity index (χ0) is 69.8. The van der Waals surface area contributed by atoms with Gasteiger partial charge in [-0.25, -0.2) is 24.4 Å². The second-order valence-corrected chi connectivity index (χ2v) is 22.2. The Bertz CT molecular complexity index is 4210. The van der Waals surface area contributed by atoms with Crippen molar-refractivity contribution in [3.8, 4) is 17.2 Å². The third kappa shape index (κ3) is 16.6. The standard InChI is InChI=1S/C64H74N14O19/c1-9-77-44(26-35(3)71-77)57(86)69-62-67-42-28-38(59(88)92-7)30-47(91-6)53(42)75(62)22-11-12-23-76-54-43(68-63(76)70-58(87)45-27-36(4)72-78(45)10-2)29-39(60(89)93-8)31-48(54)94-25-13-21-73(5)64(90)96-33-37-14-15-40(97-61-56(85)55(84)46(79)34-95-61)32-41(37)66-50(81)18-20-65-49(80)19-24-74-51(82)16-17-52(74)83/h11-12,14-17,26-32,46,55-56,61,79,84-85H,9-10,13,18-25,33-34H2,1-8H3,(H,65,80)(H,66,81)(H,67,69,86)(H,68,70,87)/b12-11+/t46-,55+,56-,61?/m1/s1. The van der Waals surface area contributed by atoms with Gasteiger partial charge in [0.1, 0.15) is 64.6 Å². The van der Waals surface area contributed by atoms with Crippen molar-refractivity contribution in [1.29, 1.82) is 0 Å². The molecule has 514 valence electrons. The molecule has 2 aliphatic heterocycles. The number of amides is 7. The highest BCUT2D eigenvalue weighted by molar-refractivity contribution is 6.13. The number of fused-ring (bicyclic) bond motifs is 2. The highest BCUT2D eigenvalue weighted by atomic mass is 16.7. The fourth-order valence-corrected chi connectivity index (χ4v) is 10.6. The molecule has 4 aromatic heterocycles. The van der Waals surface area contributed by atoms with Crippen molar-refractivity contribution in [3.63, 3.8) is 0 Å². The van der Waals surface area contributed by atoms with Gasteiger partial charge in [0.2, 0.25) is 30.0 Å². The number of allylic oxidation sites excluding steroid dienone is 2. The van der Waals surface area contributed by atoms with E-state index < -0.39 is 84.7 Å². The molecule has 1 unspecified atom stereocenters. The topological polar surface area (TPSA) is 405 Å². The van der Waals surface area contributed by atoms with Gasteiger partial charge in [0.25, 0.3) is 23.6 Å². The highest BCUT2D eigenvalue weighted by Crippen LogP contribution is 2.35. The zero-order valence-electron chi connectivity index (χ0n) is 54.4. The number of esters is 2. The number of carbonyl (C=O) groups is 9. The van der Waals surface area contributed by atoms with Gasteiger partial charge in [-0.05, 0) is 82.6 Å². The van der Waals surface area contributed by atoms with Crippen LogP contribution in [0.5, 0.6) is 17.2 Å². The lowest BCUT2D eigenvalue weighted by Crippen LogP contribution is -2.54. The zero-order valence-corrected chi connectivity index (χ0v) is 54.4. The Morgan fingerprint density at radius 3 is 1.84 bits per heavy atom. The van der Waals surface area contributed by atoms with Gasteiger partial charge >= 0.3 is 18.0 Å². The molecule has 0 aliphatic carbocycles. The minimum atomic E-state index is -1.65. The molecule has 2 aliphatic rings. The Hall–Kier alpha value is -11.0. The van der Waals surface area contributed by atoms with Gasteiger partial charge in [0, 0.05) is 89.5 Å². The van der Waals surface area contributed by atoms with Crippen LogP contribution in [-0.2, 0) is 70.9 Å². The molecule has 4 atom stereocenters. The number of imide groups is 1. The molecule has 3 aromatic carbocycles. The van der Waals surface area contributed by atoms with Crippen LogP contribution in [0.25, 0.3) is 22.1 Å². The quantitative estimate of drug-likeness (QED) is 0.0116. The number of nitrogens with one attached hydrogen (secondary N) is 4. The van der Waals surface area contributed by atoms with Crippen LogP contribution in [0, 0.1) is 13.8 Å². The number of imidazole rings is 2. The SMILES string of the molecule is CCn1nc(C)cc1C(=O)Nc1nc2cc(C(=O)OC)cc(OC)c2n1C/C=C/Cn1c(NC(=O)c2cc(C)nn2CC)nc2cc(C(=O)OC)cc(OCCCN(C)C(=O)OCc3ccc(OC4OC[C@@H](O)[C@H](O)[C@H]4O)cc3NC(=O)CCNC(=O)CCN3C(=O)C=CC3=O)c21. The molecule has 0 radical (unpaired) electrons. The number of methoxy groups -OCH3 is 3. The van der Waals surface area contributed by atoms with Gasteiger partial charge in [0.15, 0.2) is 0 Å². The number of hydrogen-bond acceptors (Lipinski definition) is 23. The number of ether oxygens (including phenoxy) is 7. The summed E-state index contributed by atoms with van der Waals surface area (Å²) in [7, 11) is 5.37. The number of aryl methyl sites for hydroxylation is 4. The average molecular weight is 1340 g/mol. The summed E-state index contributed by atoms with van der Waals surface area (Å²) in [5.41, 5.74) is 3.64. The summed E-state index contributed by atoms with van der Waals surface area (Å²) in [4.78, 5) is 129. The van der Waals surface area contributed by atoms with Gasteiger partial charge in [-0.3, -0.25) is 53.7 Å². The number of aliphatic hydroxyl groups excluding tert-OH is 3. The summed E-state index contributed by atoms with van der Waals surface area (Å²) in [5.74, 6) is -4.00. The number of carbonyl (C=O) groups excluding carboxylic acids is 9. The average Bonchev–Trinajstić information content (AvgIpc) is 1.67. The summed E-state index contributed by atoms with van der Waals surface area (Å²) in [6.07, 6.45) is -1.34. The summed E-state index contributed by atoms with van der Waals surface area (Å²) in [5, 5.41) is 50.7. The van der Waals surface area contributed by atoms with Crippen LogP contribution in [0.1, 0.15) is 91.8 Å². The molecule has 0 spiro atoms. The predicted octanol–water partition coefficient (Wildman–Crippen LogP) is 3.39. The van der Waals surface area contributed by atoms with E-state index in [4.69, 9.17) is 43.1 Å². The minimum absolute atomic E-state index is 0.00721. The molecule has 0 saturated carbocycles. The molecule has 9 rings (SSSR count). The van der Waals surface area contributed by atoms with E-state index in [0.717, 1.165) is 17.1 Å². The number of benzene rings is 3. The summed E-state index contributed by atoms with van der Waals surface area (Å²) in [6, 6.07) is 13.5. The van der Waals surface area contributed by atoms with Crippen LogP contribution >= 0.6 is 0 Å². The van der Waals surface area contributed by atoms with Gasteiger partial charge in [-0.15, -0.1) is 0 Å². The molecule has 6 heterocycles. The number of hydrogen-bond donors (Lipinski definition) is 7. The first-order chi connectivity index (χ1) is 46.5. The Morgan fingerprint density at radius 2 is 1.28 bits per heavy atom. The van der Waals surface area contributed by atoms with Crippen molar-refractivity contribution in [2.75, 3.05) is 77.2 Å². The van der Waals surface area contributed by atoms with Gasteiger partial charge in [0.05, 0.1) is 73.8 Å². The third-order valence-electron chi connectivity index (χ3n) is 15.5. The van der Waals surface area contributed by atoms with E-state index in [1.54, 1.807) is 51.9 Å². The number of nitrogens with zero attached hydrogens (tertiary/aromatic N) is 10. The van der Waals surface area contributed by atoms with Gasteiger partial charge < -0.3 is 73.1 Å². The molecule has 97 heavy (non-hydrogen) atoms. The molecule has 1 saturated heterocycles. The van der Waals surface area contributed by atoms with Crippen LogP contribution in [0.2, 0.25) is 0 Å². The lowest BCUT2D eigenvalue weighted by atomic mass is 10.1. The number of aliphatic hydroxyl groups is 3. The Labute approximate surface area is 553 Å². The monoisotopic (exact) mass is 1340 g/mol. The molecule has 7 amide bonds. The second-order valence-electron chi connectivity index (χ2n) is 22.2. The van der Waals surface area contributed by atoms with Crippen molar-refractivity contribution in [2.45, 2.75) is 104 Å². The van der Waals surface area contributed by atoms with E-state index >= 15 is 0 Å². The summed E-state index contributed by atoms with van der Waals surface area (Å²) in [6.45, 7) is 7.03. The number of aromatic nitrogens is 8. The summed E-state index contributed by atoms with van der Waals surface area (Å²) >= 11 is 0. The second kappa shape index (κ2) is 31.5. The number of anilines is 3. The van der Waals surface area contributed by atoms with E-state index in [2.05, 4.69) is 31.5 Å². The van der Waals surface area contributed by atoms with Crippen LogP contribution < -0.4 is 35.5 Å². The van der Waals surface area contributed by atoms with Crippen molar-refractivity contribution in [3.05, 3.63) is 118 Å². The van der Waals surface area contributed by atoms with Gasteiger partial charge in [-0.1, -0.05) is 12.2 Å². The van der Waals surface area contributed by atoms with Crippen LogP contribution in [-0.4, -0.2) is 203 Å². The fourth-order valence-electron chi connectivity index (χ4n) is 10.6. The maximum Gasteiger partial charge on any atom is 0.409 e. The Morgan fingerprint density at radius 1 is 0.711 bits per heavy atom. The lowest BCUT2D eigenvalue weighted by molar-refractivity contribution is -0.242. The van der Waals surface area contributed by atoms with Crippen molar-refractivity contribution >= 4 is 93.1 Å². The summed E-state index contributed by atoms with van der Waals surface area (Å²) < 4.78 is 45.6. The third-order valence-corrected chi connectivity index (χ3v) is 15.5. The molecule has 1 fully saturated rings. The first-order valence-corrected chi connectivity index (χ1v) is 30.7. The van der Waals surface area contributed by atoms with Crippen molar-refractivity contribution < 1.29 is 91.6 Å². The predicted molar refractivity (Wildman–Crippen MR) is 344 cm³/mol. The smallest absolute Gasteiger partial charge is 0.409 e. The van der Waals surface area contributed by atoms with Crippen molar-refractivity contribution in [2.24, 2.45) is 0 Å². The first kappa shape index (κ1) is 70.3. The highest BCUT2D eigenvalue weighted by Gasteiger charge is 2.39. The first-order valence-electron chi connectivity index (χ1n) is 30.7. The maximum atomic E-state index is 14.1. The molecular formula is C64H74N14O19. The van der Waals surface area contributed by atoms with Crippen LogP contribution in [0.3, 0.4) is 0 Å². The Balaban J connectivity index is 0.926. The van der Waals surface area contributed by atoms with E-state index in [1.165, 1.54) is 80.4 Å². The van der Waals surface area contributed by atoms with E-state index in [-0.39, 0.29) is 134 Å². The molecular weight excluding hydrogens is 1270 g/mol. The normalized spacial score (nSPS) is 16.0.